The normalized spacial score (nSPS) is 17.5. The lowest BCUT2D eigenvalue weighted by molar-refractivity contribution is -0.120. The summed E-state index contributed by atoms with van der Waals surface area (Å²) in [7, 11) is 0. The van der Waals surface area contributed by atoms with Crippen molar-refractivity contribution in [3.8, 4) is 28.4 Å². The predicted molar refractivity (Wildman–Crippen MR) is 269 cm³/mol. The molecular weight excluding hydrogens is 873 g/mol. The van der Waals surface area contributed by atoms with Crippen LogP contribution in [0.4, 0.5) is 11.9 Å². The van der Waals surface area contributed by atoms with Crippen LogP contribution in [0, 0.1) is 11.8 Å². The van der Waals surface area contributed by atoms with Crippen molar-refractivity contribution in [2.45, 2.75) is 93.2 Å². The number of hydrogen-bond acceptors (Lipinski definition) is 14. The van der Waals surface area contributed by atoms with E-state index in [2.05, 4.69) is 73.5 Å². The van der Waals surface area contributed by atoms with Gasteiger partial charge < -0.3 is 34.4 Å². The highest BCUT2D eigenvalue weighted by Gasteiger charge is 2.35. The van der Waals surface area contributed by atoms with Crippen LogP contribution in [-0.4, -0.2) is 94.2 Å². The molecule has 2 aliphatic heterocycles. The van der Waals surface area contributed by atoms with Crippen LogP contribution in [0.2, 0.25) is 0 Å². The van der Waals surface area contributed by atoms with Crippen LogP contribution in [-0.2, 0) is 17.6 Å². The molecule has 2 aromatic carbocycles. The zero-order valence-corrected chi connectivity index (χ0v) is 38.4. The van der Waals surface area contributed by atoms with Gasteiger partial charge in [0.05, 0.1) is 12.2 Å². The van der Waals surface area contributed by atoms with E-state index in [1.54, 1.807) is 27.5 Å². The van der Waals surface area contributed by atoms with Crippen LogP contribution in [0.1, 0.15) is 89.8 Å². The van der Waals surface area contributed by atoms with Crippen molar-refractivity contribution >= 4 is 36.0 Å². The number of anilines is 2. The topological polar surface area (TPSA) is 195 Å². The van der Waals surface area contributed by atoms with Crippen LogP contribution < -0.4 is 20.7 Å². The Morgan fingerprint density at radius 3 is 1.86 bits per heavy atom. The van der Waals surface area contributed by atoms with Gasteiger partial charge in [0.15, 0.2) is 0 Å². The Hall–Kier alpha value is -7.40. The van der Waals surface area contributed by atoms with E-state index in [1.165, 1.54) is 24.7 Å². The summed E-state index contributed by atoms with van der Waals surface area (Å²) in [5, 5.41) is 10.2. The maximum Gasteiger partial charge on any atom is 0.309 e. The molecule has 6 aromatic heterocycles. The number of nitrogens with one attached hydrogen (secondary N) is 3. The van der Waals surface area contributed by atoms with Gasteiger partial charge in [0.1, 0.15) is 29.6 Å². The Balaban J connectivity index is 0.000000184. The van der Waals surface area contributed by atoms with E-state index >= 15 is 0 Å². The molecule has 8 aromatic rings. The SMILES string of the molecule is C.C.CCc1cnc(NC[C@@H]2[C@H](C)CCCN2C(=O)c2c(-c3ccccc3)nc3occn23)nc1.CCc1cnc(NC[C@H]2NCCC[C@H]2C)nc1.O=COc1c(-c2ccccc2)nc2occn12. The molecule has 0 radical (unpaired) electrons. The highest BCUT2D eigenvalue weighted by atomic mass is 16.5. The standard InChI is InChI=1S/C25H28N6O2.C13H22N4.C12H8N2O3.2CH4/c1-3-18-14-26-24(27-15-18)28-16-20-17(2)8-7-11-30(20)23(32)22-21(19-9-5-4-6-10-19)29-25-31(22)12-13-33-25;1-3-11-7-15-13(16-8-11)17-9-12-10(2)5-4-6-14-12;15-8-17-11-10(9-4-2-1-3-5-9)13-12-14(11)6-7-16-12;;/h4-6,9-10,12-15,17,20H,3,7-8,11,16H2,1-2H3,(H,26,27,28);7-8,10,12,14H,3-6,9H2,1-2H3,(H,15,16,17);1-8H;2*1H4/t17-,20-;10-,12-;;;/m11.../s1. The molecule has 0 unspecified atom stereocenters. The number of nitrogens with zero attached hydrogens (tertiary/aromatic N) is 9. The average Bonchev–Trinajstić information content (AvgIpc) is 4.18. The Labute approximate surface area is 404 Å². The van der Waals surface area contributed by atoms with Gasteiger partial charge in [-0.1, -0.05) is 103 Å². The molecular formula is C52H66N12O5. The van der Waals surface area contributed by atoms with Gasteiger partial charge in [-0.15, -0.1) is 0 Å². The monoisotopic (exact) mass is 939 g/mol. The van der Waals surface area contributed by atoms with Crippen molar-refractivity contribution in [2.75, 3.05) is 36.8 Å². The third kappa shape index (κ3) is 12.2. The summed E-state index contributed by atoms with van der Waals surface area (Å²) < 4.78 is 19.0. The molecule has 3 N–H and O–H groups in total. The minimum Gasteiger partial charge on any atom is -0.432 e. The van der Waals surface area contributed by atoms with Crippen molar-refractivity contribution in [1.82, 2.24) is 48.9 Å². The van der Waals surface area contributed by atoms with Gasteiger partial charge >= 0.3 is 11.7 Å². The van der Waals surface area contributed by atoms with Gasteiger partial charge in [-0.3, -0.25) is 14.0 Å². The highest BCUT2D eigenvalue weighted by Crippen LogP contribution is 2.32. The molecule has 69 heavy (non-hydrogen) atoms. The number of carbonyl (C=O) groups is 2. The summed E-state index contributed by atoms with van der Waals surface area (Å²) in [5.74, 6) is 3.52. The summed E-state index contributed by atoms with van der Waals surface area (Å²) in [6, 6.07) is 19.8. The van der Waals surface area contributed by atoms with Crippen LogP contribution >= 0.6 is 0 Å². The van der Waals surface area contributed by atoms with E-state index in [-0.39, 0.29) is 26.8 Å². The summed E-state index contributed by atoms with van der Waals surface area (Å²) in [5.41, 5.74) is 5.79. The number of fused-ring (bicyclic) bond motifs is 2. The molecule has 0 saturated carbocycles. The molecule has 2 fully saturated rings. The fourth-order valence-electron chi connectivity index (χ4n) is 8.48. The van der Waals surface area contributed by atoms with E-state index in [1.807, 2.05) is 90.4 Å². The van der Waals surface area contributed by atoms with Crippen molar-refractivity contribution in [2.24, 2.45) is 11.8 Å². The van der Waals surface area contributed by atoms with Gasteiger partial charge in [0.25, 0.3) is 12.4 Å². The molecule has 0 bridgehead atoms. The number of hydrogen-bond donors (Lipinski definition) is 3. The summed E-state index contributed by atoms with van der Waals surface area (Å²) in [6.45, 7) is 12.4. The fourth-order valence-corrected chi connectivity index (χ4v) is 8.48. The molecule has 2 aliphatic rings. The lowest BCUT2D eigenvalue weighted by Gasteiger charge is -2.40. The second kappa shape index (κ2) is 24.6. The minimum absolute atomic E-state index is 0. The number of amides is 1. The molecule has 10 rings (SSSR count). The Morgan fingerprint density at radius 2 is 1.28 bits per heavy atom. The maximum atomic E-state index is 14.0. The number of ether oxygens (including phenoxy) is 1. The number of oxazole rings is 2. The molecule has 1 amide bonds. The van der Waals surface area contributed by atoms with Crippen LogP contribution in [0.15, 0.2) is 119 Å². The number of rotatable bonds is 13. The van der Waals surface area contributed by atoms with E-state index in [9.17, 15) is 9.59 Å². The summed E-state index contributed by atoms with van der Waals surface area (Å²) in [4.78, 5) is 52.8. The van der Waals surface area contributed by atoms with E-state index in [0.717, 1.165) is 67.3 Å². The summed E-state index contributed by atoms with van der Waals surface area (Å²) in [6.07, 6.45) is 20.5. The van der Waals surface area contributed by atoms with E-state index in [0.29, 0.717) is 72.1 Å². The smallest absolute Gasteiger partial charge is 0.309 e. The molecule has 364 valence electrons. The van der Waals surface area contributed by atoms with Crippen molar-refractivity contribution in [1.29, 1.82) is 0 Å². The molecule has 2 saturated heterocycles. The maximum absolute atomic E-state index is 14.0. The minimum atomic E-state index is -0.0386. The van der Waals surface area contributed by atoms with Gasteiger partial charge in [-0.2, -0.15) is 9.97 Å². The third-order valence-corrected chi connectivity index (χ3v) is 12.4. The first-order chi connectivity index (χ1) is 32.8. The Kier molecular flexibility index (Phi) is 18.2. The number of benzene rings is 2. The van der Waals surface area contributed by atoms with Gasteiger partial charge in [0.2, 0.25) is 17.8 Å². The lowest BCUT2D eigenvalue weighted by Crippen LogP contribution is -2.51. The zero-order chi connectivity index (χ0) is 46.5. The molecule has 17 nitrogen and oxygen atoms in total. The molecule has 0 spiro atoms. The van der Waals surface area contributed by atoms with Crippen molar-refractivity contribution in [3.05, 3.63) is 127 Å². The third-order valence-electron chi connectivity index (χ3n) is 12.4. The number of piperidine rings is 2. The molecule has 8 heterocycles. The van der Waals surface area contributed by atoms with Crippen molar-refractivity contribution in [3.63, 3.8) is 0 Å². The lowest BCUT2D eigenvalue weighted by atomic mass is 9.90. The Morgan fingerprint density at radius 1 is 0.739 bits per heavy atom. The van der Waals surface area contributed by atoms with Crippen molar-refractivity contribution < 1.29 is 23.2 Å². The van der Waals surface area contributed by atoms with Crippen LogP contribution in [0.5, 0.6) is 5.88 Å². The number of carbonyl (C=O) groups excluding carboxylic acids is 2. The van der Waals surface area contributed by atoms with Gasteiger partial charge in [-0.05, 0) is 68.0 Å². The Bertz CT molecular complexity index is 2790. The van der Waals surface area contributed by atoms with Gasteiger partial charge in [0, 0.05) is 67.8 Å². The first kappa shape index (κ1) is 51.0. The summed E-state index contributed by atoms with van der Waals surface area (Å²) >= 11 is 0. The second-order valence-corrected chi connectivity index (χ2v) is 16.8. The zero-order valence-electron chi connectivity index (χ0n) is 38.4. The number of aryl methyl sites for hydroxylation is 2. The van der Waals surface area contributed by atoms with Crippen LogP contribution in [0.25, 0.3) is 34.2 Å². The molecule has 0 aliphatic carbocycles. The number of aromatic nitrogens is 8. The number of imidazole rings is 2. The molecule has 17 heteroatoms. The quantitative estimate of drug-likeness (QED) is 0.0925. The average molecular weight is 939 g/mol. The fraction of sp³-hybridized carbons (Fsp3) is 0.385. The van der Waals surface area contributed by atoms with Gasteiger partial charge in [-0.25, -0.2) is 24.3 Å². The highest BCUT2D eigenvalue weighted by molar-refractivity contribution is 5.99. The number of likely N-dealkylation sites (tertiary alicyclic amines) is 1. The largest absolute Gasteiger partial charge is 0.432 e. The second-order valence-electron chi connectivity index (χ2n) is 16.8. The van der Waals surface area contributed by atoms with E-state index in [4.69, 9.17) is 13.6 Å². The van der Waals surface area contributed by atoms with E-state index < -0.39 is 0 Å². The first-order valence-electron chi connectivity index (χ1n) is 23.1. The van der Waals surface area contributed by atoms with Crippen LogP contribution in [0.3, 0.4) is 0 Å². The predicted octanol–water partition coefficient (Wildman–Crippen LogP) is 9.54. The molecule has 4 atom stereocenters. The first-order valence-corrected chi connectivity index (χ1v) is 23.1.